The van der Waals surface area contributed by atoms with Crippen molar-refractivity contribution in [3.63, 3.8) is 0 Å². The lowest BCUT2D eigenvalue weighted by atomic mass is 10.0. The monoisotopic (exact) mass is 373 g/mol. The number of pyridine rings is 1. The Morgan fingerprint density at radius 3 is 2.84 bits per heavy atom. The summed E-state index contributed by atoms with van der Waals surface area (Å²) < 4.78 is 19.4. The first kappa shape index (κ1) is 14.2. The van der Waals surface area contributed by atoms with Crippen molar-refractivity contribution in [2.75, 3.05) is 7.11 Å². The number of carbonyl (C=O) groups excluding carboxylic acids is 1. The van der Waals surface area contributed by atoms with Crippen LogP contribution >= 0.6 is 22.6 Å². The molecular formula is C14H13FINO2. The molecule has 0 saturated heterocycles. The Morgan fingerprint density at radius 2 is 2.16 bits per heavy atom. The molecule has 5 heteroatoms. The molecule has 0 saturated carbocycles. The lowest BCUT2D eigenvalue weighted by Crippen LogP contribution is -2.03. The van der Waals surface area contributed by atoms with Gasteiger partial charge < -0.3 is 4.74 Å². The average molecular weight is 373 g/mol. The van der Waals surface area contributed by atoms with Crippen LogP contribution in [0.4, 0.5) is 4.39 Å². The Kier molecular flexibility index (Phi) is 4.34. The van der Waals surface area contributed by atoms with Crippen LogP contribution in [0.25, 0.3) is 10.9 Å². The van der Waals surface area contributed by atoms with Gasteiger partial charge in [-0.3, -0.25) is 9.78 Å². The highest BCUT2D eigenvalue weighted by Crippen LogP contribution is 2.24. The Labute approximate surface area is 124 Å². The summed E-state index contributed by atoms with van der Waals surface area (Å²) in [7, 11) is 1.36. The minimum atomic E-state index is -0.329. The van der Waals surface area contributed by atoms with Gasteiger partial charge in [-0.15, -0.1) is 0 Å². The van der Waals surface area contributed by atoms with Crippen LogP contribution in [0, 0.1) is 16.3 Å². The van der Waals surface area contributed by atoms with Crippen molar-refractivity contribution < 1.29 is 13.9 Å². The third-order valence-electron chi connectivity index (χ3n) is 2.87. The van der Waals surface area contributed by atoms with Crippen LogP contribution in [0.1, 0.15) is 17.7 Å². The van der Waals surface area contributed by atoms with Gasteiger partial charge in [0.2, 0.25) is 0 Å². The molecular weight excluding hydrogens is 360 g/mol. The van der Waals surface area contributed by atoms with Crippen molar-refractivity contribution in [2.24, 2.45) is 0 Å². The van der Waals surface area contributed by atoms with E-state index < -0.39 is 0 Å². The fourth-order valence-electron chi connectivity index (χ4n) is 2.01. The van der Waals surface area contributed by atoms with Gasteiger partial charge in [0, 0.05) is 21.1 Å². The quantitative estimate of drug-likeness (QED) is 0.612. The maximum absolute atomic E-state index is 13.9. The number of ether oxygens (including phenoxy) is 1. The molecule has 0 unspecified atom stereocenters. The van der Waals surface area contributed by atoms with E-state index in [0.29, 0.717) is 11.9 Å². The highest BCUT2D eigenvalue weighted by Gasteiger charge is 2.11. The van der Waals surface area contributed by atoms with E-state index in [9.17, 15) is 9.18 Å². The molecule has 1 heterocycles. The maximum atomic E-state index is 13.9. The van der Waals surface area contributed by atoms with E-state index in [2.05, 4.69) is 32.3 Å². The molecule has 0 fully saturated rings. The second kappa shape index (κ2) is 5.81. The van der Waals surface area contributed by atoms with Crippen LogP contribution in [-0.4, -0.2) is 18.1 Å². The molecule has 100 valence electrons. The van der Waals surface area contributed by atoms with Gasteiger partial charge in [0.15, 0.2) is 0 Å². The second-order valence-corrected chi connectivity index (χ2v) is 5.53. The number of nitrogens with zero attached hydrogens (tertiary/aromatic N) is 1. The van der Waals surface area contributed by atoms with Gasteiger partial charge in [0.05, 0.1) is 7.11 Å². The van der Waals surface area contributed by atoms with E-state index in [1.54, 1.807) is 0 Å². The van der Waals surface area contributed by atoms with Crippen molar-refractivity contribution in [3.05, 3.63) is 38.8 Å². The SMILES string of the molecule is COC(=O)CCc1cc(C)nc2c(F)cc(I)cc12. The van der Waals surface area contributed by atoms with Crippen molar-refractivity contribution in [1.82, 2.24) is 4.98 Å². The summed E-state index contributed by atoms with van der Waals surface area (Å²) in [5.41, 5.74) is 2.03. The van der Waals surface area contributed by atoms with Crippen molar-refractivity contribution in [3.8, 4) is 0 Å². The van der Waals surface area contributed by atoms with Gasteiger partial charge in [-0.1, -0.05) is 0 Å². The predicted molar refractivity (Wildman–Crippen MR) is 79.5 cm³/mol. The lowest BCUT2D eigenvalue weighted by molar-refractivity contribution is -0.140. The summed E-state index contributed by atoms with van der Waals surface area (Å²) in [6, 6.07) is 5.23. The van der Waals surface area contributed by atoms with Gasteiger partial charge in [-0.2, -0.15) is 0 Å². The number of aromatic nitrogens is 1. The second-order valence-electron chi connectivity index (χ2n) is 4.28. The van der Waals surface area contributed by atoms with Gasteiger partial charge in [-0.05, 0) is 59.7 Å². The molecule has 2 aromatic rings. The molecule has 0 bridgehead atoms. The number of fused-ring (bicyclic) bond motifs is 1. The number of hydrogen-bond donors (Lipinski definition) is 0. The number of halogens is 2. The number of esters is 1. The van der Waals surface area contributed by atoms with Crippen molar-refractivity contribution in [2.45, 2.75) is 19.8 Å². The number of benzene rings is 1. The fourth-order valence-corrected chi connectivity index (χ4v) is 2.59. The summed E-state index contributed by atoms with van der Waals surface area (Å²) >= 11 is 2.07. The van der Waals surface area contributed by atoms with Gasteiger partial charge in [-0.25, -0.2) is 4.39 Å². The Bertz CT molecular complexity index is 643. The zero-order valence-corrected chi connectivity index (χ0v) is 12.8. The Morgan fingerprint density at radius 1 is 1.42 bits per heavy atom. The number of aryl methyl sites for hydroxylation is 2. The molecule has 0 aliphatic carbocycles. The zero-order valence-electron chi connectivity index (χ0n) is 10.7. The first-order valence-electron chi connectivity index (χ1n) is 5.83. The normalized spacial score (nSPS) is 10.7. The minimum Gasteiger partial charge on any atom is -0.469 e. The third kappa shape index (κ3) is 3.20. The van der Waals surface area contributed by atoms with E-state index >= 15 is 0 Å². The van der Waals surface area contributed by atoms with Crippen LogP contribution in [0.15, 0.2) is 18.2 Å². The summed E-state index contributed by atoms with van der Waals surface area (Å²) in [6.45, 7) is 1.82. The van der Waals surface area contributed by atoms with E-state index in [1.807, 2.05) is 19.1 Å². The molecule has 0 aliphatic rings. The Balaban J connectivity index is 2.50. The standard InChI is InChI=1S/C14H13FINO2/c1-8-5-9(3-4-13(18)19-2)11-6-10(16)7-12(15)14(11)17-8/h5-7H,3-4H2,1-2H3. The van der Waals surface area contributed by atoms with Crippen LogP contribution in [0.5, 0.6) is 0 Å². The lowest BCUT2D eigenvalue weighted by Gasteiger charge is -2.09. The molecule has 0 radical (unpaired) electrons. The molecule has 0 amide bonds. The number of methoxy groups -OCH3 is 1. The van der Waals surface area contributed by atoms with Crippen LogP contribution in [0.3, 0.4) is 0 Å². The molecule has 2 rings (SSSR count). The van der Waals surface area contributed by atoms with Crippen molar-refractivity contribution in [1.29, 1.82) is 0 Å². The molecule has 1 aromatic carbocycles. The molecule has 0 atom stereocenters. The first-order valence-corrected chi connectivity index (χ1v) is 6.91. The molecule has 19 heavy (non-hydrogen) atoms. The van der Waals surface area contributed by atoms with Crippen LogP contribution < -0.4 is 0 Å². The first-order chi connectivity index (χ1) is 9.01. The number of hydrogen-bond acceptors (Lipinski definition) is 3. The maximum Gasteiger partial charge on any atom is 0.305 e. The molecule has 0 spiro atoms. The minimum absolute atomic E-state index is 0.270. The highest BCUT2D eigenvalue weighted by atomic mass is 127. The number of rotatable bonds is 3. The predicted octanol–water partition coefficient (Wildman–Crippen LogP) is 3.39. The van der Waals surface area contributed by atoms with E-state index in [0.717, 1.165) is 20.2 Å². The molecule has 0 aliphatic heterocycles. The topological polar surface area (TPSA) is 39.2 Å². The average Bonchev–Trinajstić information content (AvgIpc) is 2.36. The van der Waals surface area contributed by atoms with Crippen LogP contribution in [0.2, 0.25) is 0 Å². The third-order valence-corrected chi connectivity index (χ3v) is 3.49. The molecule has 3 nitrogen and oxygen atoms in total. The molecule has 0 N–H and O–H groups in total. The fraction of sp³-hybridized carbons (Fsp3) is 0.286. The summed E-state index contributed by atoms with van der Waals surface area (Å²) in [6.07, 6.45) is 0.800. The summed E-state index contributed by atoms with van der Waals surface area (Å²) in [5.74, 6) is -0.598. The Hall–Kier alpha value is -1.24. The van der Waals surface area contributed by atoms with Crippen molar-refractivity contribution >= 4 is 39.5 Å². The van der Waals surface area contributed by atoms with Gasteiger partial charge >= 0.3 is 5.97 Å². The smallest absolute Gasteiger partial charge is 0.305 e. The van der Waals surface area contributed by atoms with E-state index in [1.165, 1.54) is 13.2 Å². The van der Waals surface area contributed by atoms with E-state index in [-0.39, 0.29) is 18.2 Å². The largest absolute Gasteiger partial charge is 0.469 e. The summed E-state index contributed by atoms with van der Waals surface area (Å²) in [5, 5.41) is 0.763. The van der Waals surface area contributed by atoms with Crippen LogP contribution in [-0.2, 0) is 16.0 Å². The highest BCUT2D eigenvalue weighted by molar-refractivity contribution is 14.1. The zero-order chi connectivity index (χ0) is 14.0. The van der Waals surface area contributed by atoms with Gasteiger partial charge in [0.1, 0.15) is 11.3 Å². The van der Waals surface area contributed by atoms with E-state index in [4.69, 9.17) is 0 Å². The summed E-state index contributed by atoms with van der Waals surface area (Å²) in [4.78, 5) is 15.5. The van der Waals surface area contributed by atoms with Gasteiger partial charge in [0.25, 0.3) is 0 Å². The number of carbonyl (C=O) groups is 1. The molecule has 1 aromatic heterocycles.